The van der Waals surface area contributed by atoms with Gasteiger partial charge >= 0.3 is 0 Å². The van der Waals surface area contributed by atoms with Crippen molar-refractivity contribution < 1.29 is 9.59 Å². The van der Waals surface area contributed by atoms with Crippen molar-refractivity contribution in [3.05, 3.63) is 30.1 Å². The first-order valence-electron chi connectivity index (χ1n) is 8.11. The third kappa shape index (κ3) is 5.22. The van der Waals surface area contributed by atoms with Gasteiger partial charge in [0.2, 0.25) is 5.91 Å². The molecule has 1 fully saturated rings. The largest absolute Gasteiger partial charge is 0.355 e. The van der Waals surface area contributed by atoms with E-state index in [4.69, 9.17) is 0 Å². The average molecular weight is 303 g/mol. The van der Waals surface area contributed by atoms with E-state index in [1.165, 1.54) is 19.3 Å². The van der Waals surface area contributed by atoms with Gasteiger partial charge in [-0.3, -0.25) is 19.5 Å². The van der Waals surface area contributed by atoms with Gasteiger partial charge in [-0.2, -0.15) is 0 Å². The first-order chi connectivity index (χ1) is 10.7. The predicted octanol–water partition coefficient (Wildman–Crippen LogP) is 2.04. The molecule has 1 aromatic heterocycles. The zero-order chi connectivity index (χ0) is 15.8. The van der Waals surface area contributed by atoms with E-state index in [9.17, 15) is 9.59 Å². The Morgan fingerprint density at radius 2 is 2.05 bits per heavy atom. The van der Waals surface area contributed by atoms with Gasteiger partial charge in [0.1, 0.15) is 0 Å². The summed E-state index contributed by atoms with van der Waals surface area (Å²) < 4.78 is 0. The van der Waals surface area contributed by atoms with Crippen LogP contribution in [0.1, 0.15) is 49.4 Å². The van der Waals surface area contributed by atoms with Gasteiger partial charge in [0, 0.05) is 43.4 Å². The fourth-order valence-electron chi connectivity index (χ4n) is 2.74. The van der Waals surface area contributed by atoms with Crippen LogP contribution in [0.5, 0.6) is 0 Å². The van der Waals surface area contributed by atoms with Crippen LogP contribution in [0.25, 0.3) is 0 Å². The van der Waals surface area contributed by atoms with Gasteiger partial charge in [-0.25, -0.2) is 0 Å². The van der Waals surface area contributed by atoms with Crippen LogP contribution >= 0.6 is 0 Å². The Kier molecular flexibility index (Phi) is 6.52. The Bertz CT molecular complexity index is 484. The van der Waals surface area contributed by atoms with Gasteiger partial charge in [0.15, 0.2) is 5.78 Å². The second kappa shape index (κ2) is 8.63. The number of hydrogen-bond acceptors (Lipinski definition) is 4. The molecule has 1 unspecified atom stereocenters. The number of nitrogens with one attached hydrogen (secondary N) is 1. The molecule has 1 amide bonds. The molecule has 0 radical (unpaired) electrons. The fraction of sp³-hybridized carbons (Fsp3) is 0.588. The third-order valence-corrected chi connectivity index (χ3v) is 4.17. The van der Waals surface area contributed by atoms with Crippen LogP contribution in [0.15, 0.2) is 24.5 Å². The number of carbonyl (C=O) groups excluding carboxylic acids is 2. The lowest BCUT2D eigenvalue weighted by atomic mass is 10.1. The Morgan fingerprint density at radius 3 is 2.73 bits per heavy atom. The molecule has 2 heterocycles. The van der Waals surface area contributed by atoms with E-state index >= 15 is 0 Å². The Hall–Kier alpha value is -1.75. The number of nitrogens with zero attached hydrogens (tertiary/aromatic N) is 2. The number of aromatic nitrogens is 1. The number of carbonyl (C=O) groups is 2. The van der Waals surface area contributed by atoms with Crippen LogP contribution in [-0.4, -0.2) is 47.3 Å². The molecule has 120 valence electrons. The summed E-state index contributed by atoms with van der Waals surface area (Å²) in [7, 11) is 0. The lowest BCUT2D eigenvalue weighted by molar-refractivity contribution is -0.121. The minimum atomic E-state index is -0.0545. The summed E-state index contributed by atoms with van der Waals surface area (Å²) >= 11 is 0. The summed E-state index contributed by atoms with van der Waals surface area (Å²) in [6, 6.07) is 3.82. The third-order valence-electron chi connectivity index (χ3n) is 4.17. The van der Waals surface area contributed by atoms with Gasteiger partial charge in [0.05, 0.1) is 0 Å². The van der Waals surface area contributed by atoms with Gasteiger partial charge in [-0.1, -0.05) is 6.42 Å². The first kappa shape index (κ1) is 16.6. The van der Waals surface area contributed by atoms with Crippen LogP contribution < -0.4 is 5.32 Å². The monoisotopic (exact) mass is 303 g/mol. The van der Waals surface area contributed by atoms with E-state index in [0.29, 0.717) is 18.2 Å². The number of Topliss-reactive ketones (excluding diaryl/α,β-unsaturated/α-hetero) is 1. The Labute approximate surface area is 132 Å². The lowest BCUT2D eigenvalue weighted by Gasteiger charge is -2.32. The number of amides is 1. The van der Waals surface area contributed by atoms with Crippen molar-refractivity contribution in [3.63, 3.8) is 0 Å². The highest BCUT2D eigenvalue weighted by Crippen LogP contribution is 2.11. The molecule has 0 saturated carbocycles. The van der Waals surface area contributed by atoms with E-state index in [0.717, 1.165) is 13.1 Å². The molecule has 1 saturated heterocycles. The summed E-state index contributed by atoms with van der Waals surface area (Å²) in [5.74, 6) is -0.0894. The van der Waals surface area contributed by atoms with Crippen molar-refractivity contribution in [3.8, 4) is 0 Å². The predicted molar refractivity (Wildman–Crippen MR) is 85.7 cm³/mol. The topological polar surface area (TPSA) is 62.3 Å². The number of hydrogen-bond donors (Lipinski definition) is 1. The normalized spacial score (nSPS) is 17.0. The maximum Gasteiger partial charge on any atom is 0.220 e. The smallest absolute Gasteiger partial charge is 0.220 e. The number of piperidine rings is 1. The Morgan fingerprint density at radius 1 is 1.27 bits per heavy atom. The minimum Gasteiger partial charge on any atom is -0.355 e. The lowest BCUT2D eigenvalue weighted by Crippen LogP contribution is -2.44. The van der Waals surface area contributed by atoms with Crippen LogP contribution in [0.4, 0.5) is 0 Å². The standard InChI is InChI=1S/C17H25N3O2/c1-14(20-10-3-2-4-11-20)12-19-17(22)8-7-16(21)15-6-5-9-18-13-15/h5-6,9,13-14H,2-4,7-8,10-12H2,1H3,(H,19,22). The molecule has 1 N–H and O–H groups in total. The van der Waals surface area contributed by atoms with E-state index in [-0.39, 0.29) is 24.5 Å². The zero-order valence-electron chi connectivity index (χ0n) is 13.3. The molecule has 1 aliphatic heterocycles. The van der Waals surface area contributed by atoms with E-state index in [1.807, 2.05) is 0 Å². The molecular formula is C17H25N3O2. The highest BCUT2D eigenvalue weighted by atomic mass is 16.2. The molecule has 1 atom stereocenters. The van der Waals surface area contributed by atoms with Gasteiger partial charge < -0.3 is 5.32 Å². The van der Waals surface area contributed by atoms with Gasteiger partial charge in [0.25, 0.3) is 0 Å². The summed E-state index contributed by atoms with van der Waals surface area (Å²) in [4.78, 5) is 30.1. The molecule has 2 rings (SSSR count). The fourth-order valence-corrected chi connectivity index (χ4v) is 2.74. The molecular weight excluding hydrogens is 278 g/mol. The molecule has 0 spiro atoms. The van der Waals surface area contributed by atoms with Crippen LogP contribution in [-0.2, 0) is 4.79 Å². The molecule has 0 aromatic carbocycles. The summed E-state index contributed by atoms with van der Waals surface area (Å²) in [5, 5.41) is 2.94. The van der Waals surface area contributed by atoms with Crippen LogP contribution in [0.2, 0.25) is 0 Å². The average Bonchev–Trinajstić information content (AvgIpc) is 2.59. The van der Waals surface area contributed by atoms with E-state index in [1.54, 1.807) is 24.5 Å². The van der Waals surface area contributed by atoms with Crippen LogP contribution in [0.3, 0.4) is 0 Å². The van der Waals surface area contributed by atoms with Crippen molar-refractivity contribution in [1.29, 1.82) is 0 Å². The number of rotatable bonds is 7. The van der Waals surface area contributed by atoms with Gasteiger partial charge in [-0.05, 0) is 45.0 Å². The molecule has 0 bridgehead atoms. The van der Waals surface area contributed by atoms with Crippen molar-refractivity contribution in [2.75, 3.05) is 19.6 Å². The highest BCUT2D eigenvalue weighted by molar-refractivity contribution is 5.97. The molecule has 0 aliphatic carbocycles. The second-order valence-electron chi connectivity index (χ2n) is 5.91. The van der Waals surface area contributed by atoms with Gasteiger partial charge in [-0.15, -0.1) is 0 Å². The number of pyridine rings is 1. The number of likely N-dealkylation sites (tertiary alicyclic amines) is 1. The summed E-state index contributed by atoms with van der Waals surface area (Å²) in [6.45, 7) is 5.04. The quantitative estimate of drug-likeness (QED) is 0.783. The first-order valence-corrected chi connectivity index (χ1v) is 8.11. The highest BCUT2D eigenvalue weighted by Gasteiger charge is 2.17. The van der Waals surface area contributed by atoms with E-state index in [2.05, 4.69) is 22.1 Å². The van der Waals surface area contributed by atoms with E-state index < -0.39 is 0 Å². The summed E-state index contributed by atoms with van der Waals surface area (Å²) in [6.07, 6.45) is 7.45. The maximum absolute atomic E-state index is 11.9. The van der Waals surface area contributed by atoms with Crippen molar-refractivity contribution in [2.45, 2.75) is 45.1 Å². The van der Waals surface area contributed by atoms with Crippen molar-refractivity contribution in [2.24, 2.45) is 0 Å². The molecule has 1 aromatic rings. The van der Waals surface area contributed by atoms with Crippen molar-refractivity contribution in [1.82, 2.24) is 15.2 Å². The second-order valence-corrected chi connectivity index (χ2v) is 5.91. The Balaban J connectivity index is 1.66. The zero-order valence-corrected chi connectivity index (χ0v) is 13.3. The maximum atomic E-state index is 11.9. The van der Waals surface area contributed by atoms with Crippen LogP contribution in [0, 0.1) is 0 Å². The van der Waals surface area contributed by atoms with Crippen molar-refractivity contribution >= 4 is 11.7 Å². The molecule has 5 heteroatoms. The summed E-state index contributed by atoms with van der Waals surface area (Å²) in [5.41, 5.74) is 0.567. The SMILES string of the molecule is CC(CNC(=O)CCC(=O)c1cccnc1)N1CCCCC1. The molecule has 5 nitrogen and oxygen atoms in total. The molecule has 22 heavy (non-hydrogen) atoms. The molecule has 1 aliphatic rings. The number of ketones is 1. The minimum absolute atomic E-state index is 0.0349.